The van der Waals surface area contributed by atoms with E-state index in [0.29, 0.717) is 17.7 Å². The van der Waals surface area contributed by atoms with Crippen molar-refractivity contribution in [3.63, 3.8) is 0 Å². The molecule has 3 aliphatic rings. The van der Waals surface area contributed by atoms with E-state index in [1.165, 1.54) is 6.42 Å². The van der Waals surface area contributed by atoms with Crippen molar-refractivity contribution in [2.45, 2.75) is 38.6 Å². The summed E-state index contributed by atoms with van der Waals surface area (Å²) in [5.41, 5.74) is 0.431. The summed E-state index contributed by atoms with van der Waals surface area (Å²) >= 11 is 1.69. The second-order valence-electron chi connectivity index (χ2n) is 6.48. The molecule has 3 rings (SSSR count). The molecule has 3 aliphatic heterocycles. The molecule has 0 aromatic rings. The molecule has 5 nitrogen and oxygen atoms in total. The Morgan fingerprint density at radius 3 is 2.59 bits per heavy atom. The molecule has 0 bridgehead atoms. The van der Waals surface area contributed by atoms with Gasteiger partial charge in [-0.2, -0.15) is 0 Å². The van der Waals surface area contributed by atoms with Crippen molar-refractivity contribution < 1.29 is 9.59 Å². The predicted octanol–water partition coefficient (Wildman–Crippen LogP) is 1.32. The first-order chi connectivity index (χ1) is 10.2. The molecule has 0 aromatic carbocycles. The lowest BCUT2D eigenvalue weighted by Gasteiger charge is -2.40. The minimum atomic E-state index is -0.224. The Morgan fingerprint density at radius 1 is 1.27 bits per heavy atom. The van der Waals surface area contributed by atoms with Crippen LogP contribution in [0.1, 0.15) is 32.6 Å². The molecule has 1 atom stereocenters. The zero-order valence-corrected chi connectivity index (χ0v) is 14.8. The van der Waals surface area contributed by atoms with Crippen LogP contribution in [0, 0.1) is 5.41 Å². The fourth-order valence-corrected chi connectivity index (χ4v) is 4.90. The average molecular weight is 348 g/mol. The number of nitrogens with one attached hydrogen (secondary N) is 1. The Balaban J connectivity index is 0.00000176. The molecule has 0 saturated carbocycles. The third kappa shape index (κ3) is 3.39. The van der Waals surface area contributed by atoms with Crippen LogP contribution in [0.5, 0.6) is 0 Å². The van der Waals surface area contributed by atoms with Crippen LogP contribution >= 0.6 is 24.2 Å². The zero-order chi connectivity index (χ0) is 14.9. The summed E-state index contributed by atoms with van der Waals surface area (Å²) in [5.74, 6) is 1.70. The largest absolute Gasteiger partial charge is 0.341 e. The highest BCUT2D eigenvalue weighted by Crippen LogP contribution is 2.37. The SMILES string of the molecule is CCC(=O)N1CSCC1C(=O)N1CCC2(CCNC2)CC1.Cl. The summed E-state index contributed by atoms with van der Waals surface area (Å²) in [6, 6.07) is -0.224. The lowest BCUT2D eigenvalue weighted by atomic mass is 9.78. The highest BCUT2D eigenvalue weighted by Gasteiger charge is 2.41. The van der Waals surface area contributed by atoms with Crippen LogP contribution < -0.4 is 5.32 Å². The maximum atomic E-state index is 12.7. The normalized spacial score (nSPS) is 27.0. The molecule has 3 heterocycles. The Kier molecular flexibility index (Phi) is 6.02. The minimum Gasteiger partial charge on any atom is -0.341 e. The molecule has 7 heteroatoms. The quantitative estimate of drug-likeness (QED) is 0.818. The number of rotatable bonds is 2. The third-order valence-electron chi connectivity index (χ3n) is 5.26. The highest BCUT2D eigenvalue weighted by molar-refractivity contribution is 7.99. The monoisotopic (exact) mass is 347 g/mol. The van der Waals surface area contributed by atoms with Crippen molar-refractivity contribution in [2.75, 3.05) is 37.8 Å². The Hall–Kier alpha value is -0.460. The summed E-state index contributed by atoms with van der Waals surface area (Å²) in [6.07, 6.45) is 3.94. The van der Waals surface area contributed by atoms with Crippen molar-refractivity contribution in [2.24, 2.45) is 5.41 Å². The Morgan fingerprint density at radius 2 is 2.00 bits per heavy atom. The van der Waals surface area contributed by atoms with Crippen LogP contribution in [-0.4, -0.2) is 65.5 Å². The molecule has 1 unspecified atom stereocenters. The molecule has 3 saturated heterocycles. The van der Waals surface area contributed by atoms with Gasteiger partial charge in [-0.15, -0.1) is 24.2 Å². The average Bonchev–Trinajstić information content (AvgIpc) is 3.16. The van der Waals surface area contributed by atoms with E-state index in [2.05, 4.69) is 5.32 Å². The molecule has 0 aromatic heterocycles. The molecule has 126 valence electrons. The van der Waals surface area contributed by atoms with E-state index >= 15 is 0 Å². The third-order valence-corrected chi connectivity index (χ3v) is 6.27. The van der Waals surface area contributed by atoms with E-state index in [1.807, 2.05) is 11.8 Å². The van der Waals surface area contributed by atoms with E-state index in [0.717, 1.165) is 44.8 Å². The summed E-state index contributed by atoms with van der Waals surface area (Å²) in [6.45, 7) is 5.80. The summed E-state index contributed by atoms with van der Waals surface area (Å²) in [4.78, 5) is 28.5. The van der Waals surface area contributed by atoms with Gasteiger partial charge >= 0.3 is 0 Å². The van der Waals surface area contributed by atoms with Crippen molar-refractivity contribution in [3.8, 4) is 0 Å². The van der Waals surface area contributed by atoms with Crippen LogP contribution in [0.4, 0.5) is 0 Å². The topological polar surface area (TPSA) is 52.7 Å². The molecular formula is C15H26ClN3O2S. The van der Waals surface area contributed by atoms with Gasteiger partial charge in [0.15, 0.2) is 0 Å². The summed E-state index contributed by atoms with van der Waals surface area (Å²) in [5, 5.41) is 3.45. The highest BCUT2D eigenvalue weighted by atomic mass is 35.5. The van der Waals surface area contributed by atoms with Crippen molar-refractivity contribution in [3.05, 3.63) is 0 Å². The molecule has 2 amide bonds. The van der Waals surface area contributed by atoms with Gasteiger partial charge in [0.05, 0.1) is 5.88 Å². The van der Waals surface area contributed by atoms with Crippen LogP contribution in [0.3, 0.4) is 0 Å². The summed E-state index contributed by atoms with van der Waals surface area (Å²) in [7, 11) is 0. The lowest BCUT2D eigenvalue weighted by Crippen LogP contribution is -2.52. The number of hydrogen-bond donors (Lipinski definition) is 1. The predicted molar refractivity (Wildman–Crippen MR) is 91.2 cm³/mol. The van der Waals surface area contributed by atoms with Crippen LogP contribution in [0.25, 0.3) is 0 Å². The number of likely N-dealkylation sites (tertiary alicyclic amines) is 1. The number of carbonyl (C=O) groups excluding carboxylic acids is 2. The first-order valence-corrected chi connectivity index (χ1v) is 9.17. The fraction of sp³-hybridized carbons (Fsp3) is 0.867. The number of halogens is 1. The van der Waals surface area contributed by atoms with Gasteiger partial charge in [0.25, 0.3) is 0 Å². The van der Waals surface area contributed by atoms with E-state index in [9.17, 15) is 9.59 Å². The fourth-order valence-electron chi connectivity index (χ4n) is 3.73. The lowest BCUT2D eigenvalue weighted by molar-refractivity contribution is -0.144. The Labute approximate surface area is 142 Å². The molecule has 1 spiro atoms. The molecule has 3 fully saturated rings. The van der Waals surface area contributed by atoms with Gasteiger partial charge in [0.1, 0.15) is 6.04 Å². The Bertz CT molecular complexity index is 419. The number of thioether (sulfide) groups is 1. The maximum Gasteiger partial charge on any atom is 0.246 e. The smallest absolute Gasteiger partial charge is 0.246 e. The second-order valence-corrected chi connectivity index (χ2v) is 7.48. The summed E-state index contributed by atoms with van der Waals surface area (Å²) < 4.78 is 0. The van der Waals surface area contributed by atoms with Crippen molar-refractivity contribution >= 4 is 36.0 Å². The number of piperidine rings is 1. The molecule has 0 aliphatic carbocycles. The van der Waals surface area contributed by atoms with Crippen molar-refractivity contribution in [1.29, 1.82) is 0 Å². The second kappa shape index (κ2) is 7.41. The number of nitrogens with zero attached hydrogens (tertiary/aromatic N) is 2. The first kappa shape index (κ1) is 17.9. The van der Waals surface area contributed by atoms with E-state index in [4.69, 9.17) is 0 Å². The zero-order valence-electron chi connectivity index (χ0n) is 13.2. The van der Waals surface area contributed by atoms with E-state index < -0.39 is 0 Å². The van der Waals surface area contributed by atoms with E-state index in [1.54, 1.807) is 16.7 Å². The number of hydrogen-bond acceptors (Lipinski definition) is 4. The van der Waals surface area contributed by atoms with Crippen LogP contribution in [0.15, 0.2) is 0 Å². The molecule has 1 N–H and O–H groups in total. The molecular weight excluding hydrogens is 322 g/mol. The maximum absolute atomic E-state index is 12.7. The van der Waals surface area contributed by atoms with Gasteiger partial charge in [0.2, 0.25) is 11.8 Å². The first-order valence-electron chi connectivity index (χ1n) is 8.02. The van der Waals surface area contributed by atoms with Gasteiger partial charge < -0.3 is 15.1 Å². The van der Waals surface area contributed by atoms with Gasteiger partial charge in [-0.1, -0.05) is 6.92 Å². The van der Waals surface area contributed by atoms with Gasteiger partial charge in [-0.05, 0) is 31.2 Å². The van der Waals surface area contributed by atoms with Gasteiger partial charge in [-0.3, -0.25) is 9.59 Å². The molecule has 22 heavy (non-hydrogen) atoms. The van der Waals surface area contributed by atoms with E-state index in [-0.39, 0.29) is 30.3 Å². The molecule has 0 radical (unpaired) electrons. The standard InChI is InChI=1S/C15H25N3O2S.ClH/c1-2-13(19)18-11-21-9-12(18)14(20)17-7-4-15(5-8-17)3-6-16-10-15;/h12,16H,2-11H2,1H3;1H. The van der Waals surface area contributed by atoms with Crippen LogP contribution in [-0.2, 0) is 9.59 Å². The van der Waals surface area contributed by atoms with Gasteiger partial charge in [0, 0.05) is 31.8 Å². The number of amides is 2. The number of carbonyl (C=O) groups is 2. The van der Waals surface area contributed by atoms with Crippen LogP contribution in [0.2, 0.25) is 0 Å². The minimum absolute atomic E-state index is 0. The van der Waals surface area contributed by atoms with Crippen molar-refractivity contribution in [1.82, 2.24) is 15.1 Å². The van der Waals surface area contributed by atoms with Gasteiger partial charge in [-0.25, -0.2) is 0 Å².